The van der Waals surface area contributed by atoms with Crippen LogP contribution in [0.3, 0.4) is 0 Å². The number of alkyl halides is 1. The standard InChI is InChI=1S/C14H11BrClIO/c1-18-11-6-7-12(13(15)8-11)14(16)9-2-4-10(17)5-3-9/h2-8,14H,1H3. The summed E-state index contributed by atoms with van der Waals surface area (Å²) in [6.07, 6.45) is 0. The van der Waals surface area contributed by atoms with Gasteiger partial charge in [0, 0.05) is 8.04 Å². The topological polar surface area (TPSA) is 9.23 Å². The molecule has 1 unspecified atom stereocenters. The van der Waals surface area contributed by atoms with Crippen molar-refractivity contribution in [1.82, 2.24) is 0 Å². The van der Waals surface area contributed by atoms with Crippen LogP contribution in [-0.4, -0.2) is 7.11 Å². The molecule has 0 bridgehead atoms. The number of ether oxygens (including phenoxy) is 1. The Hall–Kier alpha value is -0.260. The summed E-state index contributed by atoms with van der Waals surface area (Å²) in [5, 5.41) is -0.165. The summed E-state index contributed by atoms with van der Waals surface area (Å²) >= 11 is 12.3. The van der Waals surface area contributed by atoms with Crippen LogP contribution in [0.25, 0.3) is 0 Å². The summed E-state index contributed by atoms with van der Waals surface area (Å²) in [4.78, 5) is 0. The number of rotatable bonds is 3. The molecule has 2 aromatic rings. The number of methoxy groups -OCH3 is 1. The molecule has 0 radical (unpaired) electrons. The van der Waals surface area contributed by atoms with Crippen molar-refractivity contribution in [3.63, 3.8) is 0 Å². The van der Waals surface area contributed by atoms with Gasteiger partial charge >= 0.3 is 0 Å². The second-order valence-electron chi connectivity index (χ2n) is 3.80. The normalized spacial score (nSPS) is 12.2. The Morgan fingerprint density at radius 1 is 1.17 bits per heavy atom. The van der Waals surface area contributed by atoms with E-state index in [2.05, 4.69) is 62.8 Å². The van der Waals surface area contributed by atoms with E-state index in [0.29, 0.717) is 0 Å². The molecule has 0 fully saturated rings. The monoisotopic (exact) mass is 436 g/mol. The minimum atomic E-state index is -0.165. The third kappa shape index (κ3) is 3.19. The van der Waals surface area contributed by atoms with Crippen molar-refractivity contribution >= 4 is 50.1 Å². The molecular formula is C14H11BrClIO. The molecule has 0 N–H and O–H groups in total. The number of halogens is 3. The number of benzene rings is 2. The molecule has 0 saturated heterocycles. The Labute approximate surface area is 134 Å². The highest BCUT2D eigenvalue weighted by Gasteiger charge is 2.14. The molecule has 0 aliphatic heterocycles. The van der Waals surface area contributed by atoms with Gasteiger partial charge in [-0.2, -0.15) is 0 Å². The molecule has 0 amide bonds. The van der Waals surface area contributed by atoms with Crippen LogP contribution in [0.5, 0.6) is 5.75 Å². The lowest BCUT2D eigenvalue weighted by molar-refractivity contribution is 0.414. The van der Waals surface area contributed by atoms with Gasteiger partial charge in [-0.15, -0.1) is 11.6 Å². The van der Waals surface area contributed by atoms with E-state index in [1.165, 1.54) is 3.57 Å². The fourth-order valence-corrected chi connectivity index (χ4v) is 3.07. The van der Waals surface area contributed by atoms with Gasteiger partial charge in [0.15, 0.2) is 0 Å². The lowest BCUT2D eigenvalue weighted by atomic mass is 10.0. The zero-order chi connectivity index (χ0) is 13.1. The summed E-state index contributed by atoms with van der Waals surface area (Å²) in [5.74, 6) is 0.817. The molecule has 18 heavy (non-hydrogen) atoms. The van der Waals surface area contributed by atoms with Gasteiger partial charge in [0.25, 0.3) is 0 Å². The Morgan fingerprint density at radius 2 is 1.83 bits per heavy atom. The first-order valence-corrected chi connectivity index (χ1v) is 7.65. The van der Waals surface area contributed by atoms with Crippen LogP contribution in [0.4, 0.5) is 0 Å². The van der Waals surface area contributed by atoms with Crippen molar-refractivity contribution in [1.29, 1.82) is 0 Å². The average Bonchev–Trinajstić information content (AvgIpc) is 2.38. The molecule has 1 nitrogen and oxygen atoms in total. The zero-order valence-electron chi connectivity index (χ0n) is 9.66. The number of hydrogen-bond acceptors (Lipinski definition) is 1. The summed E-state index contributed by atoms with van der Waals surface area (Å²) in [6, 6.07) is 14.1. The van der Waals surface area contributed by atoms with Crippen LogP contribution in [0.15, 0.2) is 46.9 Å². The minimum absolute atomic E-state index is 0.165. The molecule has 0 heterocycles. The van der Waals surface area contributed by atoms with E-state index in [-0.39, 0.29) is 5.38 Å². The van der Waals surface area contributed by atoms with E-state index >= 15 is 0 Å². The first-order chi connectivity index (χ1) is 8.61. The summed E-state index contributed by atoms with van der Waals surface area (Å²) < 4.78 is 7.34. The maximum absolute atomic E-state index is 6.51. The van der Waals surface area contributed by atoms with E-state index < -0.39 is 0 Å². The lowest BCUT2D eigenvalue weighted by Crippen LogP contribution is -1.95. The SMILES string of the molecule is COc1ccc(C(Cl)c2ccc(I)cc2)c(Br)c1. The van der Waals surface area contributed by atoms with Gasteiger partial charge in [0.05, 0.1) is 12.5 Å². The molecule has 0 aliphatic carbocycles. The predicted molar refractivity (Wildman–Crippen MR) is 87.5 cm³/mol. The predicted octanol–water partition coefficient (Wildman–Crippen LogP) is 5.39. The van der Waals surface area contributed by atoms with E-state index in [9.17, 15) is 0 Å². The number of hydrogen-bond donors (Lipinski definition) is 0. The van der Waals surface area contributed by atoms with E-state index in [1.54, 1.807) is 7.11 Å². The molecule has 0 aromatic heterocycles. The third-order valence-electron chi connectivity index (χ3n) is 2.64. The maximum atomic E-state index is 6.51. The molecule has 0 saturated carbocycles. The average molecular weight is 438 g/mol. The van der Waals surface area contributed by atoms with Gasteiger partial charge in [0.1, 0.15) is 5.75 Å². The summed E-state index contributed by atoms with van der Waals surface area (Å²) in [7, 11) is 1.65. The van der Waals surface area contributed by atoms with Crippen LogP contribution in [0.2, 0.25) is 0 Å². The smallest absolute Gasteiger partial charge is 0.120 e. The quantitative estimate of drug-likeness (QED) is 0.462. The van der Waals surface area contributed by atoms with Crippen LogP contribution in [0, 0.1) is 3.57 Å². The van der Waals surface area contributed by atoms with Gasteiger partial charge in [-0.25, -0.2) is 0 Å². The van der Waals surface area contributed by atoms with Crippen molar-refractivity contribution in [2.45, 2.75) is 5.38 Å². The van der Waals surface area contributed by atoms with E-state index in [4.69, 9.17) is 16.3 Å². The first-order valence-electron chi connectivity index (χ1n) is 5.35. The molecule has 1 atom stereocenters. The third-order valence-corrected chi connectivity index (χ3v) is 4.54. The molecule has 2 aromatic carbocycles. The Morgan fingerprint density at radius 3 is 2.39 bits per heavy atom. The van der Waals surface area contributed by atoms with Crippen molar-refractivity contribution in [2.24, 2.45) is 0 Å². The van der Waals surface area contributed by atoms with Gasteiger partial charge < -0.3 is 4.74 Å². The fraction of sp³-hybridized carbons (Fsp3) is 0.143. The molecular weight excluding hydrogens is 426 g/mol. The van der Waals surface area contributed by atoms with Crippen molar-refractivity contribution < 1.29 is 4.74 Å². The second kappa shape index (κ2) is 6.26. The highest BCUT2D eigenvalue weighted by Crippen LogP contribution is 2.35. The Kier molecular flexibility index (Phi) is 4.92. The highest BCUT2D eigenvalue weighted by molar-refractivity contribution is 14.1. The van der Waals surface area contributed by atoms with Crippen molar-refractivity contribution in [3.8, 4) is 5.75 Å². The molecule has 0 aliphatic rings. The van der Waals surface area contributed by atoms with Gasteiger partial charge in [0.2, 0.25) is 0 Å². The van der Waals surface area contributed by atoms with Crippen LogP contribution >= 0.6 is 50.1 Å². The van der Waals surface area contributed by atoms with Crippen molar-refractivity contribution in [3.05, 3.63) is 61.6 Å². The molecule has 94 valence electrons. The Balaban J connectivity index is 2.33. The fourth-order valence-electron chi connectivity index (χ4n) is 1.65. The van der Waals surface area contributed by atoms with Crippen LogP contribution in [-0.2, 0) is 0 Å². The van der Waals surface area contributed by atoms with Gasteiger partial charge in [-0.3, -0.25) is 0 Å². The van der Waals surface area contributed by atoms with E-state index in [1.807, 2.05) is 18.2 Å². The van der Waals surface area contributed by atoms with Gasteiger partial charge in [-0.1, -0.05) is 34.1 Å². The summed E-state index contributed by atoms with van der Waals surface area (Å²) in [6.45, 7) is 0. The Bertz CT molecular complexity index is 542. The molecule has 2 rings (SSSR count). The minimum Gasteiger partial charge on any atom is -0.497 e. The zero-order valence-corrected chi connectivity index (χ0v) is 14.2. The van der Waals surface area contributed by atoms with Crippen LogP contribution < -0.4 is 4.74 Å². The maximum Gasteiger partial charge on any atom is 0.120 e. The first kappa shape index (κ1) is 14.2. The van der Waals surface area contributed by atoms with Crippen LogP contribution in [0.1, 0.15) is 16.5 Å². The second-order valence-corrected chi connectivity index (χ2v) is 6.34. The molecule has 4 heteroatoms. The molecule has 0 spiro atoms. The van der Waals surface area contributed by atoms with Crippen molar-refractivity contribution in [2.75, 3.05) is 7.11 Å². The van der Waals surface area contributed by atoms with Gasteiger partial charge in [-0.05, 0) is 58.0 Å². The highest BCUT2D eigenvalue weighted by atomic mass is 127. The summed E-state index contributed by atoms with van der Waals surface area (Å²) in [5.41, 5.74) is 2.13. The largest absolute Gasteiger partial charge is 0.497 e. The lowest BCUT2D eigenvalue weighted by Gasteiger charge is -2.13. The van der Waals surface area contributed by atoms with E-state index in [0.717, 1.165) is 21.3 Å².